The zero-order valence-corrected chi connectivity index (χ0v) is 10.6. The van der Waals surface area contributed by atoms with Crippen molar-refractivity contribution >= 4 is 11.6 Å². The fraction of sp³-hybridized carbons (Fsp3) is 0.308. The monoisotopic (exact) mass is 257 g/mol. The van der Waals surface area contributed by atoms with Gasteiger partial charge in [-0.3, -0.25) is 9.89 Å². The SMILES string of the molecule is CC(NC(=O)C1CNc2ccccc21)c1ncn[nH]1. The van der Waals surface area contributed by atoms with Crippen molar-refractivity contribution in [3.63, 3.8) is 0 Å². The first kappa shape index (κ1) is 11.7. The van der Waals surface area contributed by atoms with Crippen LogP contribution >= 0.6 is 0 Å². The highest BCUT2D eigenvalue weighted by atomic mass is 16.2. The number of amides is 1. The van der Waals surface area contributed by atoms with Crippen molar-refractivity contribution in [2.24, 2.45) is 0 Å². The molecule has 0 spiro atoms. The van der Waals surface area contributed by atoms with Gasteiger partial charge in [-0.25, -0.2) is 4.98 Å². The number of H-pyrrole nitrogens is 1. The van der Waals surface area contributed by atoms with Crippen molar-refractivity contribution in [1.29, 1.82) is 0 Å². The van der Waals surface area contributed by atoms with Crippen molar-refractivity contribution in [2.45, 2.75) is 18.9 Å². The number of rotatable bonds is 3. The predicted octanol–water partition coefficient (Wildman–Crippen LogP) is 1.19. The van der Waals surface area contributed by atoms with Gasteiger partial charge in [0, 0.05) is 12.2 Å². The van der Waals surface area contributed by atoms with Crippen molar-refractivity contribution < 1.29 is 4.79 Å². The molecular formula is C13H15N5O. The van der Waals surface area contributed by atoms with E-state index in [4.69, 9.17) is 0 Å². The van der Waals surface area contributed by atoms with Gasteiger partial charge in [0.1, 0.15) is 12.2 Å². The number of anilines is 1. The second-order valence-electron chi connectivity index (χ2n) is 4.62. The fourth-order valence-corrected chi connectivity index (χ4v) is 2.32. The number of aromatic nitrogens is 3. The summed E-state index contributed by atoms with van der Waals surface area (Å²) in [5, 5.41) is 12.7. The highest BCUT2D eigenvalue weighted by Gasteiger charge is 2.29. The molecular weight excluding hydrogens is 242 g/mol. The van der Waals surface area contributed by atoms with Crippen LogP contribution in [-0.2, 0) is 4.79 Å². The first-order valence-corrected chi connectivity index (χ1v) is 6.24. The standard InChI is InChI=1S/C13H15N5O/c1-8(12-15-7-16-18-12)17-13(19)10-6-14-11-5-3-2-4-9(10)11/h2-5,7-8,10,14H,6H2,1H3,(H,17,19)(H,15,16,18). The van der Waals surface area contributed by atoms with Crippen molar-refractivity contribution in [3.8, 4) is 0 Å². The molecule has 0 bridgehead atoms. The maximum absolute atomic E-state index is 12.3. The molecule has 1 aromatic carbocycles. The molecule has 1 amide bonds. The number of benzene rings is 1. The van der Waals surface area contributed by atoms with Crippen LogP contribution in [-0.4, -0.2) is 27.6 Å². The summed E-state index contributed by atoms with van der Waals surface area (Å²) < 4.78 is 0. The van der Waals surface area contributed by atoms with Gasteiger partial charge in [-0.15, -0.1) is 0 Å². The van der Waals surface area contributed by atoms with Crippen LogP contribution in [0.5, 0.6) is 0 Å². The van der Waals surface area contributed by atoms with Gasteiger partial charge < -0.3 is 10.6 Å². The van der Waals surface area contributed by atoms with Crippen LogP contribution in [0.3, 0.4) is 0 Å². The maximum atomic E-state index is 12.3. The molecule has 2 unspecified atom stereocenters. The van der Waals surface area contributed by atoms with Crippen LogP contribution in [0.15, 0.2) is 30.6 Å². The summed E-state index contributed by atoms with van der Waals surface area (Å²) in [5.41, 5.74) is 2.08. The summed E-state index contributed by atoms with van der Waals surface area (Å²) in [6.07, 6.45) is 1.43. The van der Waals surface area contributed by atoms with Crippen LogP contribution in [0, 0.1) is 0 Å². The molecule has 0 saturated carbocycles. The normalized spacial score (nSPS) is 18.5. The van der Waals surface area contributed by atoms with Crippen LogP contribution in [0.25, 0.3) is 0 Å². The molecule has 0 radical (unpaired) electrons. The summed E-state index contributed by atoms with van der Waals surface area (Å²) in [7, 11) is 0. The number of carbonyl (C=O) groups is 1. The molecule has 2 aromatic rings. The van der Waals surface area contributed by atoms with Crippen LogP contribution in [0.1, 0.15) is 30.3 Å². The smallest absolute Gasteiger partial charge is 0.229 e. The second kappa shape index (κ2) is 4.72. The van der Waals surface area contributed by atoms with E-state index in [0.29, 0.717) is 12.4 Å². The molecule has 6 nitrogen and oxygen atoms in total. The Morgan fingerprint density at radius 2 is 2.32 bits per heavy atom. The Morgan fingerprint density at radius 3 is 3.11 bits per heavy atom. The lowest BCUT2D eigenvalue weighted by molar-refractivity contribution is -0.122. The zero-order valence-electron chi connectivity index (χ0n) is 10.6. The van der Waals surface area contributed by atoms with Crippen LogP contribution < -0.4 is 10.6 Å². The van der Waals surface area contributed by atoms with Crippen molar-refractivity contribution in [3.05, 3.63) is 42.0 Å². The molecule has 1 aliphatic rings. The quantitative estimate of drug-likeness (QED) is 0.771. The lowest BCUT2D eigenvalue weighted by Gasteiger charge is -2.15. The molecule has 1 aliphatic heterocycles. The van der Waals surface area contributed by atoms with Crippen LogP contribution in [0.4, 0.5) is 5.69 Å². The van der Waals surface area contributed by atoms with Gasteiger partial charge in [0.15, 0.2) is 0 Å². The summed E-state index contributed by atoms with van der Waals surface area (Å²) in [6, 6.07) is 7.71. The molecule has 0 fully saturated rings. The number of carbonyl (C=O) groups excluding carboxylic acids is 1. The topological polar surface area (TPSA) is 82.7 Å². The average Bonchev–Trinajstić information content (AvgIpc) is 3.08. The van der Waals surface area contributed by atoms with Crippen LogP contribution in [0.2, 0.25) is 0 Å². The molecule has 3 rings (SSSR count). The lowest BCUT2D eigenvalue weighted by atomic mass is 10.0. The Morgan fingerprint density at radius 1 is 1.47 bits per heavy atom. The highest BCUT2D eigenvalue weighted by Crippen LogP contribution is 2.31. The number of fused-ring (bicyclic) bond motifs is 1. The van der Waals surface area contributed by atoms with E-state index in [-0.39, 0.29) is 17.9 Å². The Kier molecular flexibility index (Phi) is 2.91. The minimum Gasteiger partial charge on any atom is -0.384 e. The average molecular weight is 257 g/mol. The number of hydrogen-bond acceptors (Lipinski definition) is 4. The van der Waals surface area contributed by atoms with Gasteiger partial charge in [-0.1, -0.05) is 18.2 Å². The molecule has 98 valence electrons. The Bertz CT molecular complexity index is 580. The molecule has 3 N–H and O–H groups in total. The van der Waals surface area contributed by atoms with Gasteiger partial charge in [-0.05, 0) is 18.6 Å². The third-order valence-corrected chi connectivity index (χ3v) is 3.35. The number of nitrogens with zero attached hydrogens (tertiary/aromatic N) is 2. The minimum absolute atomic E-state index is 0.00125. The van der Waals surface area contributed by atoms with E-state index in [2.05, 4.69) is 25.8 Å². The molecule has 2 atom stereocenters. The predicted molar refractivity (Wildman–Crippen MR) is 70.6 cm³/mol. The largest absolute Gasteiger partial charge is 0.384 e. The summed E-state index contributed by atoms with van der Waals surface area (Å²) in [4.78, 5) is 16.3. The van der Waals surface area contributed by atoms with Gasteiger partial charge in [0.25, 0.3) is 0 Å². The number of aromatic amines is 1. The molecule has 19 heavy (non-hydrogen) atoms. The fourth-order valence-electron chi connectivity index (χ4n) is 2.32. The van der Waals surface area contributed by atoms with E-state index in [1.165, 1.54) is 6.33 Å². The number of nitrogens with one attached hydrogen (secondary N) is 3. The van der Waals surface area contributed by atoms with Gasteiger partial charge in [0.05, 0.1) is 12.0 Å². The summed E-state index contributed by atoms with van der Waals surface area (Å²) >= 11 is 0. The molecule has 1 aromatic heterocycles. The third kappa shape index (κ3) is 2.16. The summed E-state index contributed by atoms with van der Waals surface area (Å²) in [6.45, 7) is 2.51. The first-order chi connectivity index (χ1) is 9.25. The Hall–Kier alpha value is -2.37. The molecule has 6 heteroatoms. The molecule has 0 saturated heterocycles. The molecule has 0 aliphatic carbocycles. The van der Waals surface area contributed by atoms with Gasteiger partial charge in [-0.2, -0.15) is 5.10 Å². The van der Waals surface area contributed by atoms with E-state index >= 15 is 0 Å². The first-order valence-electron chi connectivity index (χ1n) is 6.24. The number of para-hydroxylation sites is 1. The van der Waals surface area contributed by atoms with E-state index in [1.807, 2.05) is 31.2 Å². The van der Waals surface area contributed by atoms with E-state index in [1.54, 1.807) is 0 Å². The van der Waals surface area contributed by atoms with Crippen molar-refractivity contribution in [1.82, 2.24) is 20.5 Å². The van der Waals surface area contributed by atoms with E-state index < -0.39 is 0 Å². The second-order valence-corrected chi connectivity index (χ2v) is 4.62. The Balaban J connectivity index is 1.72. The highest BCUT2D eigenvalue weighted by molar-refractivity contribution is 5.88. The van der Waals surface area contributed by atoms with E-state index in [0.717, 1.165) is 11.3 Å². The van der Waals surface area contributed by atoms with Gasteiger partial charge in [0.2, 0.25) is 5.91 Å². The maximum Gasteiger partial charge on any atom is 0.229 e. The van der Waals surface area contributed by atoms with E-state index in [9.17, 15) is 4.79 Å². The summed E-state index contributed by atoms with van der Waals surface area (Å²) in [5.74, 6) is 0.510. The minimum atomic E-state index is -0.178. The third-order valence-electron chi connectivity index (χ3n) is 3.35. The zero-order chi connectivity index (χ0) is 13.2. The van der Waals surface area contributed by atoms with Gasteiger partial charge >= 0.3 is 0 Å². The number of hydrogen-bond donors (Lipinski definition) is 3. The van der Waals surface area contributed by atoms with Crippen molar-refractivity contribution in [2.75, 3.05) is 11.9 Å². The Labute approximate surface area is 110 Å². The molecule has 2 heterocycles. The lowest BCUT2D eigenvalue weighted by Crippen LogP contribution is -2.33.